The first kappa shape index (κ1) is 19.2. The lowest BCUT2D eigenvalue weighted by molar-refractivity contribution is 0.0259. The molecule has 1 atom stereocenters. The largest absolute Gasteiger partial charge is 0.361 e. The Kier molecular flexibility index (Phi) is 4.80. The predicted molar refractivity (Wildman–Crippen MR) is 115 cm³/mol. The van der Waals surface area contributed by atoms with Gasteiger partial charge >= 0.3 is 0 Å². The number of fused-ring (bicyclic) bond motifs is 1. The summed E-state index contributed by atoms with van der Waals surface area (Å²) >= 11 is 0. The smallest absolute Gasteiger partial charge is 0.189 e. The van der Waals surface area contributed by atoms with Crippen molar-refractivity contribution < 1.29 is 9.32 Å². The van der Waals surface area contributed by atoms with Crippen molar-refractivity contribution in [2.75, 3.05) is 26.2 Å². The minimum absolute atomic E-state index is 0.152. The van der Waals surface area contributed by atoms with Crippen LogP contribution in [0.4, 0.5) is 0 Å². The first-order valence-electron chi connectivity index (χ1n) is 10.7. The van der Waals surface area contributed by atoms with Crippen molar-refractivity contribution in [3.63, 3.8) is 0 Å². The molecular formula is C25H27N3O2. The summed E-state index contributed by atoms with van der Waals surface area (Å²) in [6, 6.07) is 18.5. The molecule has 5 nitrogen and oxygen atoms in total. The molecule has 1 fully saturated rings. The number of carbonyl (C=O) groups is 1. The zero-order valence-corrected chi connectivity index (χ0v) is 17.6. The number of ketones is 1. The highest BCUT2D eigenvalue weighted by molar-refractivity contribution is 6.07. The topological polar surface area (TPSA) is 49.6 Å². The van der Waals surface area contributed by atoms with E-state index in [0.717, 1.165) is 55.3 Å². The quantitative estimate of drug-likeness (QED) is 0.667. The van der Waals surface area contributed by atoms with Crippen LogP contribution in [0.25, 0.3) is 0 Å². The van der Waals surface area contributed by atoms with E-state index >= 15 is 0 Å². The van der Waals surface area contributed by atoms with Gasteiger partial charge in [-0.2, -0.15) is 0 Å². The Morgan fingerprint density at radius 1 is 1.00 bits per heavy atom. The number of rotatable bonds is 4. The molecule has 2 heterocycles. The van der Waals surface area contributed by atoms with Crippen LogP contribution in [0.1, 0.15) is 38.5 Å². The standard InChI is InChI=1S/C25H27N3O2/c1-18-7-3-4-9-21(18)17-27-11-13-28(14-12-27)25(23-15-19(2)30-26-23)16-20-8-5-6-10-22(20)24(25)29/h3-10,15H,11-14,16-17H2,1-2H3. The van der Waals surface area contributed by atoms with E-state index in [2.05, 4.69) is 52.2 Å². The van der Waals surface area contributed by atoms with Crippen LogP contribution in [0.5, 0.6) is 0 Å². The maximum Gasteiger partial charge on any atom is 0.189 e. The molecule has 0 radical (unpaired) electrons. The van der Waals surface area contributed by atoms with Gasteiger partial charge in [0, 0.05) is 50.8 Å². The monoisotopic (exact) mass is 401 g/mol. The lowest BCUT2D eigenvalue weighted by Gasteiger charge is -2.44. The Balaban J connectivity index is 1.41. The van der Waals surface area contributed by atoms with E-state index in [4.69, 9.17) is 4.52 Å². The number of nitrogens with zero attached hydrogens (tertiary/aromatic N) is 3. The molecular weight excluding hydrogens is 374 g/mol. The van der Waals surface area contributed by atoms with E-state index in [1.807, 2.05) is 31.2 Å². The van der Waals surface area contributed by atoms with Gasteiger partial charge in [0.05, 0.1) is 0 Å². The molecule has 1 aliphatic heterocycles. The Hall–Kier alpha value is -2.76. The first-order valence-corrected chi connectivity index (χ1v) is 10.7. The number of aryl methyl sites for hydroxylation is 2. The fourth-order valence-electron chi connectivity index (χ4n) is 4.98. The minimum Gasteiger partial charge on any atom is -0.361 e. The van der Waals surface area contributed by atoms with Crippen LogP contribution < -0.4 is 0 Å². The Bertz CT molecular complexity index is 1080. The molecule has 1 unspecified atom stereocenters. The van der Waals surface area contributed by atoms with Gasteiger partial charge in [-0.05, 0) is 30.5 Å². The number of carbonyl (C=O) groups excluding carboxylic acids is 1. The van der Waals surface area contributed by atoms with Crippen molar-refractivity contribution in [2.45, 2.75) is 32.4 Å². The molecule has 0 bridgehead atoms. The number of piperazine rings is 1. The van der Waals surface area contributed by atoms with Gasteiger partial charge in [0.2, 0.25) is 0 Å². The minimum atomic E-state index is -0.754. The van der Waals surface area contributed by atoms with E-state index in [1.165, 1.54) is 11.1 Å². The molecule has 30 heavy (non-hydrogen) atoms. The summed E-state index contributed by atoms with van der Waals surface area (Å²) in [5, 5.41) is 4.33. The van der Waals surface area contributed by atoms with Gasteiger partial charge in [0.15, 0.2) is 5.78 Å². The molecule has 154 valence electrons. The zero-order valence-electron chi connectivity index (χ0n) is 17.6. The average molecular weight is 402 g/mol. The van der Waals surface area contributed by atoms with Crippen LogP contribution >= 0.6 is 0 Å². The Labute approximate surface area is 177 Å². The Morgan fingerprint density at radius 3 is 2.43 bits per heavy atom. The summed E-state index contributed by atoms with van der Waals surface area (Å²) in [5.74, 6) is 0.894. The van der Waals surface area contributed by atoms with Crippen molar-refractivity contribution in [3.05, 3.63) is 88.3 Å². The lowest BCUT2D eigenvalue weighted by atomic mass is 9.87. The van der Waals surface area contributed by atoms with Gasteiger partial charge in [-0.3, -0.25) is 14.6 Å². The average Bonchev–Trinajstić information content (AvgIpc) is 3.33. The van der Waals surface area contributed by atoms with Crippen LogP contribution in [0, 0.1) is 13.8 Å². The molecule has 0 amide bonds. The first-order chi connectivity index (χ1) is 14.6. The third-order valence-electron chi connectivity index (χ3n) is 6.70. The second-order valence-electron chi connectivity index (χ2n) is 8.54. The van der Waals surface area contributed by atoms with Gasteiger partial charge in [-0.1, -0.05) is 53.7 Å². The highest BCUT2D eigenvalue weighted by Crippen LogP contribution is 2.42. The van der Waals surface area contributed by atoms with Crippen molar-refractivity contribution in [3.8, 4) is 0 Å². The van der Waals surface area contributed by atoms with Crippen molar-refractivity contribution in [1.82, 2.24) is 15.0 Å². The highest BCUT2D eigenvalue weighted by Gasteiger charge is 2.53. The molecule has 1 aliphatic carbocycles. The second-order valence-corrected chi connectivity index (χ2v) is 8.54. The molecule has 2 aromatic carbocycles. The van der Waals surface area contributed by atoms with E-state index in [0.29, 0.717) is 6.42 Å². The van der Waals surface area contributed by atoms with Crippen LogP contribution in [0.3, 0.4) is 0 Å². The second kappa shape index (κ2) is 7.49. The highest BCUT2D eigenvalue weighted by atomic mass is 16.5. The number of hydrogen-bond donors (Lipinski definition) is 0. The Morgan fingerprint density at radius 2 is 1.73 bits per heavy atom. The van der Waals surface area contributed by atoms with Gasteiger partial charge in [0.25, 0.3) is 0 Å². The van der Waals surface area contributed by atoms with E-state index in [1.54, 1.807) is 0 Å². The normalized spacial score (nSPS) is 22.4. The number of aromatic nitrogens is 1. The molecule has 0 saturated carbocycles. The molecule has 5 rings (SSSR count). The van der Waals surface area contributed by atoms with Gasteiger partial charge in [-0.25, -0.2) is 0 Å². The van der Waals surface area contributed by atoms with Crippen molar-refractivity contribution >= 4 is 5.78 Å². The van der Waals surface area contributed by atoms with Gasteiger partial charge in [-0.15, -0.1) is 0 Å². The SMILES string of the molecule is Cc1cc(C2(N3CCN(Cc4ccccc4C)CC3)Cc3ccccc3C2=O)no1. The molecule has 1 saturated heterocycles. The van der Waals surface area contributed by atoms with E-state index in [-0.39, 0.29) is 5.78 Å². The van der Waals surface area contributed by atoms with Crippen LogP contribution in [-0.2, 0) is 18.5 Å². The molecule has 1 aromatic heterocycles. The summed E-state index contributed by atoms with van der Waals surface area (Å²) in [7, 11) is 0. The van der Waals surface area contributed by atoms with Gasteiger partial charge < -0.3 is 4.52 Å². The predicted octanol–water partition coefficient (Wildman–Crippen LogP) is 3.74. The maximum atomic E-state index is 13.7. The zero-order chi connectivity index (χ0) is 20.7. The number of benzene rings is 2. The number of hydrogen-bond acceptors (Lipinski definition) is 5. The molecule has 3 aromatic rings. The molecule has 5 heteroatoms. The summed E-state index contributed by atoms with van der Waals surface area (Å²) < 4.78 is 5.41. The molecule has 0 N–H and O–H groups in total. The van der Waals surface area contributed by atoms with Crippen molar-refractivity contribution in [1.29, 1.82) is 0 Å². The third-order valence-corrected chi connectivity index (χ3v) is 6.70. The maximum absolute atomic E-state index is 13.7. The van der Waals surface area contributed by atoms with E-state index in [9.17, 15) is 4.79 Å². The lowest BCUT2D eigenvalue weighted by Crippen LogP contribution is -2.58. The molecule has 2 aliphatic rings. The van der Waals surface area contributed by atoms with Crippen LogP contribution in [-0.4, -0.2) is 46.9 Å². The number of Topliss-reactive ketones (excluding diaryl/α,β-unsaturated/α-hetero) is 1. The van der Waals surface area contributed by atoms with Crippen LogP contribution in [0.15, 0.2) is 59.1 Å². The summed E-state index contributed by atoms with van der Waals surface area (Å²) in [4.78, 5) is 18.5. The third kappa shape index (κ3) is 3.09. The van der Waals surface area contributed by atoms with Crippen LogP contribution in [0.2, 0.25) is 0 Å². The summed E-state index contributed by atoms with van der Waals surface area (Å²) in [6.07, 6.45) is 0.659. The summed E-state index contributed by atoms with van der Waals surface area (Å²) in [6.45, 7) is 8.52. The fourth-order valence-corrected chi connectivity index (χ4v) is 4.98. The van der Waals surface area contributed by atoms with Crippen molar-refractivity contribution in [2.24, 2.45) is 0 Å². The van der Waals surface area contributed by atoms with Gasteiger partial charge in [0.1, 0.15) is 17.0 Å². The summed E-state index contributed by atoms with van der Waals surface area (Å²) in [5.41, 5.74) is 4.61. The van der Waals surface area contributed by atoms with E-state index < -0.39 is 5.54 Å². The molecule has 0 spiro atoms. The fraction of sp³-hybridized carbons (Fsp3) is 0.360.